The molecule has 2 aliphatic heterocycles. The number of nitrogens with one attached hydrogen (secondary N) is 1. The van der Waals surface area contributed by atoms with Gasteiger partial charge in [0.25, 0.3) is 0 Å². The van der Waals surface area contributed by atoms with Gasteiger partial charge in [-0.15, -0.1) is 11.3 Å². The van der Waals surface area contributed by atoms with Gasteiger partial charge in [0.05, 0.1) is 0 Å². The van der Waals surface area contributed by atoms with Crippen LogP contribution in [0.5, 0.6) is 0 Å². The van der Waals surface area contributed by atoms with Crippen LogP contribution in [0.4, 0.5) is 5.13 Å². The summed E-state index contributed by atoms with van der Waals surface area (Å²) in [4.78, 5) is 17.3. The van der Waals surface area contributed by atoms with E-state index in [9.17, 15) is 4.79 Å². The fourth-order valence-corrected chi connectivity index (χ4v) is 3.59. The highest BCUT2D eigenvalue weighted by atomic mass is 32.1. The van der Waals surface area contributed by atoms with E-state index in [0.717, 1.165) is 18.1 Å². The van der Waals surface area contributed by atoms with Crippen LogP contribution < -0.4 is 5.32 Å². The third-order valence-corrected chi connectivity index (χ3v) is 4.41. The molecule has 1 aromatic heterocycles. The largest absolute Gasteiger partial charge is 0.476 e. The smallest absolute Gasteiger partial charge is 0.355 e. The van der Waals surface area contributed by atoms with Crippen LogP contribution >= 0.6 is 11.3 Å². The van der Waals surface area contributed by atoms with Crippen molar-refractivity contribution >= 4 is 22.4 Å². The van der Waals surface area contributed by atoms with Crippen molar-refractivity contribution in [1.82, 2.24) is 9.88 Å². The maximum atomic E-state index is 10.7. The Balaban J connectivity index is 1.68. The molecule has 0 aliphatic carbocycles. The molecule has 5 nitrogen and oxygen atoms in total. The standard InChI is InChI=1S/C11H15N3O2S/c15-10(16)8-6-17-11(13-8)12-7-3-5-14-4-1-2-9(7)14/h6-7,9H,1-5H2,(H,12,13)(H,15,16). The number of rotatable bonds is 3. The van der Waals surface area contributed by atoms with Gasteiger partial charge in [-0.25, -0.2) is 9.78 Å². The van der Waals surface area contributed by atoms with Crippen LogP contribution in [0.15, 0.2) is 5.38 Å². The maximum Gasteiger partial charge on any atom is 0.355 e. The summed E-state index contributed by atoms with van der Waals surface area (Å²) in [6.07, 6.45) is 3.66. The quantitative estimate of drug-likeness (QED) is 0.854. The summed E-state index contributed by atoms with van der Waals surface area (Å²) in [5.41, 5.74) is 0.138. The van der Waals surface area contributed by atoms with E-state index in [1.54, 1.807) is 5.38 Å². The molecule has 0 spiro atoms. The molecule has 0 amide bonds. The number of anilines is 1. The Morgan fingerprint density at radius 1 is 1.53 bits per heavy atom. The molecular formula is C11H15N3O2S. The van der Waals surface area contributed by atoms with E-state index >= 15 is 0 Å². The number of carboxylic acid groups (broad SMARTS) is 1. The first kappa shape index (κ1) is 11.0. The van der Waals surface area contributed by atoms with Gasteiger partial charge in [-0.1, -0.05) is 0 Å². The van der Waals surface area contributed by atoms with Crippen LogP contribution in [0.2, 0.25) is 0 Å². The summed E-state index contributed by atoms with van der Waals surface area (Å²) in [7, 11) is 0. The molecule has 6 heteroatoms. The highest BCUT2D eigenvalue weighted by molar-refractivity contribution is 7.13. The van der Waals surface area contributed by atoms with Crippen LogP contribution in [0.25, 0.3) is 0 Å². The Hall–Kier alpha value is -1.14. The monoisotopic (exact) mass is 253 g/mol. The van der Waals surface area contributed by atoms with E-state index in [1.807, 2.05) is 0 Å². The molecule has 2 unspecified atom stereocenters. The van der Waals surface area contributed by atoms with Crippen molar-refractivity contribution in [2.45, 2.75) is 31.3 Å². The van der Waals surface area contributed by atoms with Crippen LogP contribution in [-0.4, -0.2) is 46.1 Å². The van der Waals surface area contributed by atoms with Gasteiger partial charge in [0.1, 0.15) is 0 Å². The van der Waals surface area contributed by atoms with Gasteiger partial charge in [0.2, 0.25) is 0 Å². The van der Waals surface area contributed by atoms with Crippen LogP contribution in [0, 0.1) is 0 Å². The minimum atomic E-state index is -0.955. The Labute approximate surface area is 103 Å². The molecule has 0 radical (unpaired) electrons. The van der Waals surface area contributed by atoms with Gasteiger partial charge in [0, 0.05) is 24.0 Å². The van der Waals surface area contributed by atoms with Crippen LogP contribution in [-0.2, 0) is 0 Å². The number of hydrogen-bond acceptors (Lipinski definition) is 5. The Bertz CT molecular complexity index is 434. The number of nitrogens with zero attached hydrogens (tertiary/aromatic N) is 2. The first-order valence-corrected chi connectivity index (χ1v) is 6.81. The van der Waals surface area contributed by atoms with Crippen molar-refractivity contribution in [2.75, 3.05) is 18.4 Å². The highest BCUT2D eigenvalue weighted by Crippen LogP contribution is 2.30. The van der Waals surface area contributed by atoms with Gasteiger partial charge in [0.15, 0.2) is 10.8 Å². The molecule has 2 fully saturated rings. The number of fused-ring (bicyclic) bond motifs is 1. The Morgan fingerprint density at radius 3 is 3.18 bits per heavy atom. The zero-order chi connectivity index (χ0) is 11.8. The molecule has 3 heterocycles. The van der Waals surface area contributed by atoms with Gasteiger partial charge < -0.3 is 10.4 Å². The average molecular weight is 253 g/mol. The first-order chi connectivity index (χ1) is 8.24. The van der Waals surface area contributed by atoms with Gasteiger partial charge >= 0.3 is 5.97 Å². The van der Waals surface area contributed by atoms with E-state index in [4.69, 9.17) is 5.11 Å². The van der Waals surface area contributed by atoms with Crippen molar-refractivity contribution in [3.05, 3.63) is 11.1 Å². The lowest BCUT2D eigenvalue weighted by atomic mass is 10.1. The summed E-state index contributed by atoms with van der Waals surface area (Å²) < 4.78 is 0. The van der Waals surface area contributed by atoms with E-state index in [0.29, 0.717) is 12.1 Å². The van der Waals surface area contributed by atoms with Crippen molar-refractivity contribution < 1.29 is 9.90 Å². The second kappa shape index (κ2) is 4.27. The van der Waals surface area contributed by atoms with Gasteiger partial charge in [-0.3, -0.25) is 4.90 Å². The molecule has 2 N–H and O–H groups in total. The maximum absolute atomic E-state index is 10.7. The molecule has 17 heavy (non-hydrogen) atoms. The normalized spacial score (nSPS) is 28.2. The number of aromatic nitrogens is 1. The summed E-state index contributed by atoms with van der Waals surface area (Å²) in [6.45, 7) is 2.36. The van der Waals surface area contributed by atoms with Crippen LogP contribution in [0.1, 0.15) is 29.8 Å². The summed E-state index contributed by atoms with van der Waals surface area (Å²) in [5, 5.41) is 14.5. The summed E-state index contributed by atoms with van der Waals surface area (Å²) >= 11 is 1.38. The van der Waals surface area contributed by atoms with E-state index in [2.05, 4.69) is 15.2 Å². The van der Waals surface area contributed by atoms with Crippen molar-refractivity contribution in [1.29, 1.82) is 0 Å². The predicted octanol–water partition coefficient (Wildman–Crippen LogP) is 1.49. The topological polar surface area (TPSA) is 65.5 Å². The van der Waals surface area contributed by atoms with Gasteiger partial charge in [-0.05, 0) is 25.8 Å². The zero-order valence-corrected chi connectivity index (χ0v) is 10.2. The van der Waals surface area contributed by atoms with Crippen molar-refractivity contribution in [2.24, 2.45) is 0 Å². The lowest BCUT2D eigenvalue weighted by molar-refractivity contribution is 0.0691. The Morgan fingerprint density at radius 2 is 2.41 bits per heavy atom. The second-order valence-electron chi connectivity index (χ2n) is 4.63. The zero-order valence-electron chi connectivity index (χ0n) is 9.43. The molecular weight excluding hydrogens is 238 g/mol. The molecule has 92 valence electrons. The first-order valence-electron chi connectivity index (χ1n) is 5.93. The van der Waals surface area contributed by atoms with Crippen molar-refractivity contribution in [3.8, 4) is 0 Å². The Kier molecular flexibility index (Phi) is 2.76. The number of aromatic carboxylic acids is 1. The van der Waals surface area contributed by atoms with Crippen LogP contribution in [0.3, 0.4) is 0 Å². The number of thiazole rings is 1. The molecule has 2 saturated heterocycles. The predicted molar refractivity (Wildman–Crippen MR) is 65.7 cm³/mol. The van der Waals surface area contributed by atoms with Crippen molar-refractivity contribution in [3.63, 3.8) is 0 Å². The molecule has 2 aliphatic rings. The lowest BCUT2D eigenvalue weighted by Crippen LogP contribution is -2.33. The number of carbonyl (C=O) groups is 1. The average Bonchev–Trinajstić information content (AvgIpc) is 2.96. The summed E-state index contributed by atoms with van der Waals surface area (Å²) in [6, 6.07) is 1.05. The third-order valence-electron chi connectivity index (χ3n) is 3.64. The molecule has 2 atom stereocenters. The van der Waals surface area contributed by atoms with E-state index < -0.39 is 5.97 Å². The highest BCUT2D eigenvalue weighted by Gasteiger charge is 2.37. The van der Waals surface area contributed by atoms with E-state index in [1.165, 1.54) is 30.7 Å². The molecule has 1 aromatic rings. The van der Waals surface area contributed by atoms with Gasteiger partial charge in [-0.2, -0.15) is 0 Å². The summed E-state index contributed by atoms with van der Waals surface area (Å²) in [5.74, 6) is -0.955. The second-order valence-corrected chi connectivity index (χ2v) is 5.49. The fourth-order valence-electron chi connectivity index (χ4n) is 2.85. The molecule has 0 saturated carbocycles. The fraction of sp³-hybridized carbons (Fsp3) is 0.636. The lowest BCUT2D eigenvalue weighted by Gasteiger charge is -2.20. The molecule has 3 rings (SSSR count). The van der Waals surface area contributed by atoms with E-state index in [-0.39, 0.29) is 5.69 Å². The number of hydrogen-bond donors (Lipinski definition) is 2. The minimum Gasteiger partial charge on any atom is -0.476 e. The third kappa shape index (κ3) is 2.02. The SMILES string of the molecule is O=C(O)c1csc(NC2CCN3CCCC23)n1. The molecule has 0 bridgehead atoms. The number of carboxylic acids is 1. The minimum absolute atomic E-state index is 0.138. The molecule has 0 aromatic carbocycles.